The van der Waals surface area contributed by atoms with Crippen molar-refractivity contribution in [3.8, 4) is 0 Å². The van der Waals surface area contributed by atoms with Crippen LogP contribution < -0.4 is 0 Å². The minimum absolute atomic E-state index is 0.485. The molecule has 2 aliphatic heterocycles. The highest BCUT2D eigenvalue weighted by molar-refractivity contribution is 4.96. The van der Waals surface area contributed by atoms with E-state index in [0.29, 0.717) is 5.54 Å². The number of hydrogen-bond donors (Lipinski definition) is 0. The second kappa shape index (κ2) is 2.73. The molecule has 0 radical (unpaired) electrons. The van der Waals surface area contributed by atoms with Gasteiger partial charge in [-0.1, -0.05) is 6.92 Å². The molecule has 0 saturated carbocycles. The van der Waals surface area contributed by atoms with Crippen LogP contribution in [-0.2, 0) is 0 Å². The minimum atomic E-state index is 0.485. The van der Waals surface area contributed by atoms with Gasteiger partial charge in [-0.25, -0.2) is 0 Å². The van der Waals surface area contributed by atoms with Crippen molar-refractivity contribution in [3.05, 3.63) is 0 Å². The molecule has 2 heterocycles. The summed E-state index contributed by atoms with van der Waals surface area (Å²) in [5.41, 5.74) is 0.485. The van der Waals surface area contributed by atoms with Gasteiger partial charge in [0, 0.05) is 11.6 Å². The third-order valence-electron chi connectivity index (χ3n) is 3.68. The number of nitrogens with zero attached hydrogens (tertiary/aromatic N) is 1. The van der Waals surface area contributed by atoms with Gasteiger partial charge in [-0.05, 0) is 52.0 Å². The standard InChI is InChI=1S/C11H21N/c1-9-7-10-5-4-6-12(10)11(2,3)8-9/h9-10H,4-8H2,1-3H3/t9-,10+/m1/s1. The molecule has 0 aromatic rings. The van der Waals surface area contributed by atoms with Crippen LogP contribution in [0.2, 0.25) is 0 Å². The maximum Gasteiger partial charge on any atom is 0.0158 e. The first-order valence-electron chi connectivity index (χ1n) is 5.36. The molecule has 2 fully saturated rings. The molecule has 2 saturated heterocycles. The summed E-state index contributed by atoms with van der Waals surface area (Å²) in [6.45, 7) is 8.60. The van der Waals surface area contributed by atoms with Crippen molar-refractivity contribution in [2.75, 3.05) is 6.54 Å². The fourth-order valence-electron chi connectivity index (χ4n) is 3.40. The molecule has 2 aliphatic rings. The number of rotatable bonds is 0. The Bertz CT molecular complexity index is 174. The van der Waals surface area contributed by atoms with Crippen LogP contribution in [-0.4, -0.2) is 23.0 Å². The van der Waals surface area contributed by atoms with E-state index in [1.54, 1.807) is 0 Å². The van der Waals surface area contributed by atoms with E-state index in [0.717, 1.165) is 12.0 Å². The van der Waals surface area contributed by atoms with Crippen molar-refractivity contribution in [1.29, 1.82) is 0 Å². The van der Waals surface area contributed by atoms with E-state index in [1.165, 1.54) is 32.2 Å². The summed E-state index contributed by atoms with van der Waals surface area (Å²) in [6.07, 6.45) is 5.72. The molecule has 70 valence electrons. The summed E-state index contributed by atoms with van der Waals surface area (Å²) < 4.78 is 0. The lowest BCUT2D eigenvalue weighted by molar-refractivity contribution is 0.0304. The van der Waals surface area contributed by atoms with Gasteiger partial charge in [0.05, 0.1) is 0 Å². The van der Waals surface area contributed by atoms with Gasteiger partial charge in [0.1, 0.15) is 0 Å². The first-order valence-corrected chi connectivity index (χ1v) is 5.36. The molecule has 0 N–H and O–H groups in total. The largest absolute Gasteiger partial charge is 0.295 e. The van der Waals surface area contributed by atoms with E-state index < -0.39 is 0 Å². The number of hydrogen-bond acceptors (Lipinski definition) is 1. The van der Waals surface area contributed by atoms with Gasteiger partial charge >= 0.3 is 0 Å². The normalized spacial score (nSPS) is 41.2. The Morgan fingerprint density at radius 2 is 2.08 bits per heavy atom. The zero-order chi connectivity index (χ0) is 8.77. The van der Waals surface area contributed by atoms with Crippen molar-refractivity contribution < 1.29 is 0 Å². The Morgan fingerprint density at radius 3 is 2.83 bits per heavy atom. The lowest BCUT2D eigenvalue weighted by Gasteiger charge is -2.47. The van der Waals surface area contributed by atoms with E-state index in [9.17, 15) is 0 Å². The van der Waals surface area contributed by atoms with Gasteiger partial charge in [-0.2, -0.15) is 0 Å². The van der Waals surface area contributed by atoms with Gasteiger partial charge in [-0.15, -0.1) is 0 Å². The molecule has 0 aliphatic carbocycles. The Hall–Kier alpha value is -0.0400. The third-order valence-corrected chi connectivity index (χ3v) is 3.68. The summed E-state index contributed by atoms with van der Waals surface area (Å²) in [5, 5.41) is 0. The first kappa shape index (κ1) is 8.55. The molecule has 12 heavy (non-hydrogen) atoms. The highest BCUT2D eigenvalue weighted by Crippen LogP contribution is 2.39. The van der Waals surface area contributed by atoms with Crippen molar-refractivity contribution >= 4 is 0 Å². The van der Waals surface area contributed by atoms with Crippen LogP contribution in [0.1, 0.15) is 46.5 Å². The van der Waals surface area contributed by atoms with Crippen LogP contribution in [0.5, 0.6) is 0 Å². The zero-order valence-electron chi connectivity index (χ0n) is 8.64. The fraction of sp³-hybridized carbons (Fsp3) is 1.00. The predicted molar refractivity (Wildman–Crippen MR) is 52.2 cm³/mol. The average Bonchev–Trinajstić information content (AvgIpc) is 2.32. The fourth-order valence-corrected chi connectivity index (χ4v) is 3.40. The van der Waals surface area contributed by atoms with E-state index in [1.807, 2.05) is 0 Å². The second-order valence-electron chi connectivity index (χ2n) is 5.35. The molecule has 0 unspecified atom stereocenters. The summed E-state index contributed by atoms with van der Waals surface area (Å²) >= 11 is 0. The molecule has 0 aromatic carbocycles. The SMILES string of the molecule is C[C@@H]1C[C@@H]2CCCN2C(C)(C)C1. The van der Waals surface area contributed by atoms with E-state index in [2.05, 4.69) is 25.7 Å². The van der Waals surface area contributed by atoms with Crippen LogP contribution in [0.4, 0.5) is 0 Å². The summed E-state index contributed by atoms with van der Waals surface area (Å²) in [4.78, 5) is 2.74. The van der Waals surface area contributed by atoms with Crippen LogP contribution in [0.15, 0.2) is 0 Å². The maximum absolute atomic E-state index is 2.74. The molecule has 2 atom stereocenters. The topological polar surface area (TPSA) is 3.24 Å². The van der Waals surface area contributed by atoms with Crippen LogP contribution in [0.25, 0.3) is 0 Å². The maximum atomic E-state index is 2.74. The molecule has 0 spiro atoms. The van der Waals surface area contributed by atoms with Crippen LogP contribution in [0.3, 0.4) is 0 Å². The Labute approximate surface area is 76.1 Å². The van der Waals surface area contributed by atoms with Gasteiger partial charge in [0.25, 0.3) is 0 Å². The smallest absolute Gasteiger partial charge is 0.0158 e. The average molecular weight is 167 g/mol. The lowest BCUT2D eigenvalue weighted by atomic mass is 9.81. The Morgan fingerprint density at radius 1 is 1.33 bits per heavy atom. The summed E-state index contributed by atoms with van der Waals surface area (Å²) in [7, 11) is 0. The highest BCUT2D eigenvalue weighted by Gasteiger charge is 2.41. The van der Waals surface area contributed by atoms with Gasteiger partial charge in [-0.3, -0.25) is 4.90 Å². The molecule has 1 nitrogen and oxygen atoms in total. The predicted octanol–water partition coefficient (Wildman–Crippen LogP) is 2.66. The highest BCUT2D eigenvalue weighted by atomic mass is 15.2. The van der Waals surface area contributed by atoms with Gasteiger partial charge < -0.3 is 0 Å². The Kier molecular flexibility index (Phi) is 1.95. The van der Waals surface area contributed by atoms with Crippen LogP contribution in [0, 0.1) is 5.92 Å². The molecule has 0 bridgehead atoms. The van der Waals surface area contributed by atoms with Crippen molar-refractivity contribution in [2.45, 2.75) is 58.0 Å². The second-order valence-corrected chi connectivity index (χ2v) is 5.35. The number of piperidine rings is 1. The van der Waals surface area contributed by atoms with Crippen molar-refractivity contribution in [3.63, 3.8) is 0 Å². The Balaban J connectivity index is 2.15. The molecular weight excluding hydrogens is 146 g/mol. The van der Waals surface area contributed by atoms with Gasteiger partial charge in [0.15, 0.2) is 0 Å². The minimum Gasteiger partial charge on any atom is -0.295 e. The molecule has 2 rings (SSSR count). The molecule has 1 heteroatoms. The van der Waals surface area contributed by atoms with E-state index in [4.69, 9.17) is 0 Å². The quantitative estimate of drug-likeness (QED) is 0.536. The number of fused-ring (bicyclic) bond motifs is 1. The molecular formula is C11H21N. The zero-order valence-corrected chi connectivity index (χ0v) is 8.64. The molecule has 0 aromatic heterocycles. The van der Waals surface area contributed by atoms with E-state index >= 15 is 0 Å². The lowest BCUT2D eigenvalue weighted by Crippen LogP contribution is -2.51. The first-order chi connectivity index (χ1) is 5.59. The monoisotopic (exact) mass is 167 g/mol. The summed E-state index contributed by atoms with van der Waals surface area (Å²) in [6, 6.07) is 0.920. The van der Waals surface area contributed by atoms with Crippen molar-refractivity contribution in [1.82, 2.24) is 4.90 Å². The van der Waals surface area contributed by atoms with Crippen molar-refractivity contribution in [2.24, 2.45) is 5.92 Å². The van der Waals surface area contributed by atoms with Gasteiger partial charge in [0.2, 0.25) is 0 Å². The van der Waals surface area contributed by atoms with Crippen LogP contribution >= 0.6 is 0 Å². The summed E-state index contributed by atoms with van der Waals surface area (Å²) in [5.74, 6) is 0.944. The molecule has 0 amide bonds. The van der Waals surface area contributed by atoms with E-state index in [-0.39, 0.29) is 0 Å². The third kappa shape index (κ3) is 1.28.